The molecule has 2 atom stereocenters. The van der Waals surface area contributed by atoms with Crippen molar-refractivity contribution in [1.29, 1.82) is 0 Å². The first-order valence-electron chi connectivity index (χ1n) is 2.92. The molecule has 0 bridgehead atoms. The molecule has 0 aliphatic carbocycles. The molecule has 1 nitrogen and oxygen atoms in total. The zero-order valence-electron chi connectivity index (χ0n) is 5.39. The normalized spacial score (nSPS) is 18.0. The predicted octanol–water partition coefficient (Wildman–Crippen LogP) is 1.36. The summed E-state index contributed by atoms with van der Waals surface area (Å²) >= 11 is 0. The number of rotatable bonds is 3. The summed E-state index contributed by atoms with van der Waals surface area (Å²) in [6.07, 6.45) is 0.100. The fourth-order valence-electron chi connectivity index (χ4n) is 0.413. The minimum absolute atomic E-state index is 0.0972. The molecule has 1 N–H and O–H groups in total. The van der Waals surface area contributed by atoms with E-state index in [9.17, 15) is 4.39 Å². The molecular formula is C6H13FO. The van der Waals surface area contributed by atoms with Gasteiger partial charge in [0.2, 0.25) is 0 Å². The van der Waals surface area contributed by atoms with Crippen molar-refractivity contribution in [3.8, 4) is 0 Å². The molecule has 0 saturated heterocycles. The molecule has 0 aromatic rings. The molecule has 2 heteroatoms. The first kappa shape index (κ1) is 7.89. The molecule has 0 heterocycles. The van der Waals surface area contributed by atoms with Crippen molar-refractivity contribution in [2.45, 2.75) is 26.4 Å². The predicted molar refractivity (Wildman–Crippen MR) is 31.4 cm³/mol. The lowest BCUT2D eigenvalue weighted by Crippen LogP contribution is -2.13. The summed E-state index contributed by atoms with van der Waals surface area (Å²) < 4.78 is 11.5. The van der Waals surface area contributed by atoms with Gasteiger partial charge in [-0.3, -0.25) is 4.39 Å². The van der Waals surface area contributed by atoms with Crippen molar-refractivity contribution in [3.63, 3.8) is 0 Å². The topological polar surface area (TPSA) is 20.2 Å². The van der Waals surface area contributed by atoms with Crippen molar-refractivity contribution >= 4 is 0 Å². The Labute approximate surface area is 49.5 Å². The largest absolute Gasteiger partial charge is 0.393 e. The lowest BCUT2D eigenvalue weighted by molar-refractivity contribution is 0.125. The van der Waals surface area contributed by atoms with E-state index in [1.54, 1.807) is 6.92 Å². The van der Waals surface area contributed by atoms with Crippen molar-refractivity contribution in [2.75, 3.05) is 6.67 Å². The van der Waals surface area contributed by atoms with E-state index in [0.29, 0.717) is 6.42 Å². The van der Waals surface area contributed by atoms with Crippen LogP contribution in [0.25, 0.3) is 0 Å². The van der Waals surface area contributed by atoms with Crippen molar-refractivity contribution < 1.29 is 9.50 Å². The SMILES string of the molecule is CC(O)C(C)CCF. The van der Waals surface area contributed by atoms with Crippen LogP contribution in [0.3, 0.4) is 0 Å². The summed E-state index contributed by atoms with van der Waals surface area (Å²) in [6.45, 7) is 3.19. The maximum Gasteiger partial charge on any atom is 0.0898 e. The fourth-order valence-corrected chi connectivity index (χ4v) is 0.413. The van der Waals surface area contributed by atoms with Gasteiger partial charge in [-0.05, 0) is 19.3 Å². The van der Waals surface area contributed by atoms with Gasteiger partial charge >= 0.3 is 0 Å². The highest BCUT2D eigenvalue weighted by atomic mass is 19.1. The van der Waals surface area contributed by atoms with E-state index in [2.05, 4.69) is 0 Å². The standard InChI is InChI=1S/C6H13FO/c1-5(3-4-7)6(2)8/h5-6,8H,3-4H2,1-2H3. The number of halogens is 1. The third-order valence-electron chi connectivity index (χ3n) is 1.39. The lowest BCUT2D eigenvalue weighted by Gasteiger charge is -2.10. The lowest BCUT2D eigenvalue weighted by atomic mass is 10.0. The second kappa shape index (κ2) is 3.84. The minimum atomic E-state index is -0.370. The molecule has 0 amide bonds. The highest BCUT2D eigenvalue weighted by Gasteiger charge is 2.06. The summed E-state index contributed by atoms with van der Waals surface area (Å²) in [5.41, 5.74) is 0. The highest BCUT2D eigenvalue weighted by molar-refractivity contribution is 4.56. The van der Waals surface area contributed by atoms with Crippen LogP contribution in [0.5, 0.6) is 0 Å². The van der Waals surface area contributed by atoms with Crippen LogP contribution in [0.1, 0.15) is 20.3 Å². The van der Waals surface area contributed by atoms with Crippen LogP contribution in [0.2, 0.25) is 0 Å². The average molecular weight is 120 g/mol. The van der Waals surface area contributed by atoms with E-state index < -0.39 is 0 Å². The average Bonchev–Trinajstić information content (AvgIpc) is 1.67. The van der Waals surface area contributed by atoms with Gasteiger partial charge in [-0.25, -0.2) is 0 Å². The Bertz CT molecular complexity index is 54.5. The molecule has 0 rings (SSSR count). The second-order valence-electron chi connectivity index (χ2n) is 2.20. The summed E-state index contributed by atoms with van der Waals surface area (Å²) in [5.74, 6) is 0.0972. The van der Waals surface area contributed by atoms with Gasteiger partial charge < -0.3 is 5.11 Å². The Morgan fingerprint density at radius 3 is 2.12 bits per heavy atom. The number of aliphatic hydroxyl groups excluding tert-OH is 1. The van der Waals surface area contributed by atoms with E-state index in [1.807, 2.05) is 6.92 Å². The summed E-state index contributed by atoms with van der Waals surface area (Å²) in [6, 6.07) is 0. The molecule has 2 unspecified atom stereocenters. The Kier molecular flexibility index (Phi) is 3.79. The summed E-state index contributed by atoms with van der Waals surface area (Å²) in [7, 11) is 0. The maximum atomic E-state index is 11.5. The molecule has 0 aromatic carbocycles. The smallest absolute Gasteiger partial charge is 0.0898 e. The molecule has 0 saturated carbocycles. The highest BCUT2D eigenvalue weighted by Crippen LogP contribution is 2.06. The zero-order valence-corrected chi connectivity index (χ0v) is 5.39. The maximum absolute atomic E-state index is 11.5. The van der Waals surface area contributed by atoms with Gasteiger partial charge in [-0.1, -0.05) is 6.92 Å². The monoisotopic (exact) mass is 120 g/mol. The van der Waals surface area contributed by atoms with Gasteiger partial charge in [0, 0.05) is 0 Å². The Hall–Kier alpha value is -0.110. The van der Waals surface area contributed by atoms with E-state index in [0.717, 1.165) is 0 Å². The minimum Gasteiger partial charge on any atom is -0.393 e. The van der Waals surface area contributed by atoms with E-state index in [4.69, 9.17) is 5.11 Å². The molecule has 8 heavy (non-hydrogen) atoms. The summed E-state index contributed by atoms with van der Waals surface area (Å²) in [4.78, 5) is 0. The van der Waals surface area contributed by atoms with Crippen LogP contribution < -0.4 is 0 Å². The second-order valence-corrected chi connectivity index (χ2v) is 2.20. The number of aliphatic hydroxyl groups is 1. The van der Waals surface area contributed by atoms with E-state index >= 15 is 0 Å². The van der Waals surface area contributed by atoms with Crippen LogP contribution in [-0.2, 0) is 0 Å². The first-order valence-corrected chi connectivity index (χ1v) is 2.92. The Morgan fingerprint density at radius 2 is 2.00 bits per heavy atom. The van der Waals surface area contributed by atoms with Gasteiger partial charge in [0.05, 0.1) is 12.8 Å². The third-order valence-corrected chi connectivity index (χ3v) is 1.39. The molecule has 0 fully saturated rings. The Morgan fingerprint density at radius 1 is 1.50 bits per heavy atom. The van der Waals surface area contributed by atoms with E-state index in [1.165, 1.54) is 0 Å². The molecule has 0 aromatic heterocycles. The molecule has 0 aliphatic heterocycles. The van der Waals surface area contributed by atoms with Gasteiger partial charge in [0.25, 0.3) is 0 Å². The van der Waals surface area contributed by atoms with Crippen molar-refractivity contribution in [1.82, 2.24) is 0 Å². The van der Waals surface area contributed by atoms with Gasteiger partial charge in [-0.15, -0.1) is 0 Å². The molecule has 0 spiro atoms. The molecule has 0 radical (unpaired) electrons. The van der Waals surface area contributed by atoms with Crippen LogP contribution in [-0.4, -0.2) is 17.9 Å². The Balaban J connectivity index is 3.17. The van der Waals surface area contributed by atoms with Crippen molar-refractivity contribution in [3.05, 3.63) is 0 Å². The number of hydrogen-bond acceptors (Lipinski definition) is 1. The van der Waals surface area contributed by atoms with Crippen LogP contribution in [0.4, 0.5) is 4.39 Å². The van der Waals surface area contributed by atoms with Gasteiger partial charge in [0.1, 0.15) is 0 Å². The molecular weight excluding hydrogens is 107 g/mol. The summed E-state index contributed by atoms with van der Waals surface area (Å²) in [5, 5.41) is 8.79. The van der Waals surface area contributed by atoms with Gasteiger partial charge in [-0.2, -0.15) is 0 Å². The van der Waals surface area contributed by atoms with Crippen LogP contribution in [0.15, 0.2) is 0 Å². The number of hydrogen-bond donors (Lipinski definition) is 1. The molecule has 0 aliphatic rings. The van der Waals surface area contributed by atoms with Crippen molar-refractivity contribution in [2.24, 2.45) is 5.92 Å². The van der Waals surface area contributed by atoms with E-state index in [-0.39, 0.29) is 18.7 Å². The van der Waals surface area contributed by atoms with Crippen LogP contribution in [0, 0.1) is 5.92 Å². The van der Waals surface area contributed by atoms with Crippen LogP contribution >= 0.6 is 0 Å². The zero-order chi connectivity index (χ0) is 6.57. The van der Waals surface area contributed by atoms with Gasteiger partial charge in [0.15, 0.2) is 0 Å². The first-order chi connectivity index (χ1) is 3.68. The molecule has 50 valence electrons. The quantitative estimate of drug-likeness (QED) is 0.596. The number of alkyl halides is 1. The fraction of sp³-hybridized carbons (Fsp3) is 1.00. The third kappa shape index (κ3) is 2.97.